The zero-order chi connectivity index (χ0) is 13.0. The Kier molecular flexibility index (Phi) is 4.28. The van der Waals surface area contributed by atoms with Crippen LogP contribution in [-0.4, -0.2) is 11.9 Å². The average Bonchev–Trinajstić information content (AvgIpc) is 2.24. The van der Waals surface area contributed by atoms with E-state index in [1.54, 1.807) is 0 Å². The lowest BCUT2D eigenvalue weighted by molar-refractivity contribution is 0.0943. The van der Waals surface area contributed by atoms with Crippen molar-refractivity contribution in [3.05, 3.63) is 34.4 Å². The van der Waals surface area contributed by atoms with Gasteiger partial charge in [0.2, 0.25) is 0 Å². The number of nitrogens with zero attached hydrogens (tertiary/aromatic N) is 1. The van der Waals surface area contributed by atoms with Crippen LogP contribution in [0.15, 0.2) is 12.1 Å². The molecule has 1 atom stereocenters. The normalized spacial score (nSPS) is 11.7. The van der Waals surface area contributed by atoms with E-state index in [0.717, 1.165) is 16.7 Å². The van der Waals surface area contributed by atoms with Crippen LogP contribution in [0.3, 0.4) is 0 Å². The molecular weight excluding hydrogens is 212 g/mol. The van der Waals surface area contributed by atoms with Crippen LogP contribution in [0.5, 0.6) is 0 Å². The van der Waals surface area contributed by atoms with E-state index in [9.17, 15) is 4.79 Å². The summed E-state index contributed by atoms with van der Waals surface area (Å²) >= 11 is 0. The van der Waals surface area contributed by atoms with Gasteiger partial charge in [-0.15, -0.1) is 0 Å². The third-order valence-corrected chi connectivity index (χ3v) is 2.77. The minimum Gasteiger partial charge on any atom is -0.336 e. The quantitative estimate of drug-likeness (QED) is 0.867. The first-order chi connectivity index (χ1) is 7.99. The first-order valence-corrected chi connectivity index (χ1v) is 5.78. The summed E-state index contributed by atoms with van der Waals surface area (Å²) in [6.45, 7) is 7.72. The monoisotopic (exact) mass is 230 g/mol. The topological polar surface area (TPSA) is 52.9 Å². The maximum Gasteiger partial charge on any atom is 0.252 e. The van der Waals surface area contributed by atoms with Crippen LogP contribution >= 0.6 is 0 Å². The van der Waals surface area contributed by atoms with E-state index in [1.165, 1.54) is 0 Å². The number of rotatable bonds is 3. The third-order valence-electron chi connectivity index (χ3n) is 2.77. The summed E-state index contributed by atoms with van der Waals surface area (Å²) in [4.78, 5) is 12.1. The number of nitriles is 1. The molecule has 0 heterocycles. The van der Waals surface area contributed by atoms with Crippen LogP contribution in [0.1, 0.15) is 40.4 Å². The van der Waals surface area contributed by atoms with E-state index < -0.39 is 6.04 Å². The summed E-state index contributed by atoms with van der Waals surface area (Å²) < 4.78 is 0. The minimum atomic E-state index is -0.414. The zero-order valence-corrected chi connectivity index (χ0v) is 10.8. The van der Waals surface area contributed by atoms with Gasteiger partial charge in [-0.25, -0.2) is 0 Å². The molecule has 3 nitrogen and oxygen atoms in total. The molecule has 3 heteroatoms. The molecule has 1 aromatic rings. The first-order valence-electron chi connectivity index (χ1n) is 5.78. The van der Waals surface area contributed by atoms with Gasteiger partial charge in [0.1, 0.15) is 6.04 Å². The molecule has 1 amide bonds. The Bertz CT molecular complexity index is 449. The van der Waals surface area contributed by atoms with E-state index in [2.05, 4.69) is 11.4 Å². The van der Waals surface area contributed by atoms with Gasteiger partial charge in [0.15, 0.2) is 0 Å². The molecule has 0 saturated carbocycles. The smallest absolute Gasteiger partial charge is 0.252 e. The highest BCUT2D eigenvalue weighted by atomic mass is 16.1. The SMILES string of the molecule is CCC(C#N)NC(=O)c1c(C)cc(C)cc1C. The number of aryl methyl sites for hydroxylation is 3. The molecule has 0 radical (unpaired) electrons. The van der Waals surface area contributed by atoms with Crippen molar-refractivity contribution in [2.45, 2.75) is 40.2 Å². The highest BCUT2D eigenvalue weighted by molar-refractivity contribution is 5.97. The summed E-state index contributed by atoms with van der Waals surface area (Å²) in [5.41, 5.74) is 3.73. The van der Waals surface area contributed by atoms with E-state index in [-0.39, 0.29) is 5.91 Å². The van der Waals surface area contributed by atoms with Crippen molar-refractivity contribution in [3.8, 4) is 6.07 Å². The van der Waals surface area contributed by atoms with Gasteiger partial charge in [-0.2, -0.15) is 5.26 Å². The summed E-state index contributed by atoms with van der Waals surface area (Å²) in [6, 6.07) is 5.62. The number of amides is 1. The summed E-state index contributed by atoms with van der Waals surface area (Å²) in [5, 5.41) is 11.6. The van der Waals surface area contributed by atoms with Crippen molar-refractivity contribution in [2.24, 2.45) is 0 Å². The van der Waals surface area contributed by atoms with E-state index in [0.29, 0.717) is 12.0 Å². The predicted octanol–water partition coefficient (Wildman–Crippen LogP) is 2.64. The molecule has 0 fully saturated rings. The van der Waals surface area contributed by atoms with E-state index >= 15 is 0 Å². The predicted molar refractivity (Wildman–Crippen MR) is 67.8 cm³/mol. The van der Waals surface area contributed by atoms with Gasteiger partial charge < -0.3 is 5.32 Å². The van der Waals surface area contributed by atoms with Crippen LogP contribution < -0.4 is 5.32 Å². The average molecular weight is 230 g/mol. The Morgan fingerprint density at radius 2 is 1.88 bits per heavy atom. The van der Waals surface area contributed by atoms with Gasteiger partial charge in [-0.05, 0) is 38.3 Å². The Balaban J connectivity index is 3.02. The van der Waals surface area contributed by atoms with Gasteiger partial charge in [0, 0.05) is 5.56 Å². The molecule has 90 valence electrons. The standard InChI is InChI=1S/C14H18N2O/c1-5-12(8-15)16-14(17)13-10(3)6-9(2)7-11(13)4/h6-7,12H,5H2,1-4H3,(H,16,17). The van der Waals surface area contributed by atoms with E-state index in [4.69, 9.17) is 5.26 Å². The first kappa shape index (κ1) is 13.2. The second kappa shape index (κ2) is 5.49. The van der Waals surface area contributed by atoms with Crippen molar-refractivity contribution in [1.29, 1.82) is 5.26 Å². The van der Waals surface area contributed by atoms with Gasteiger partial charge in [0.05, 0.1) is 6.07 Å². The number of hydrogen-bond acceptors (Lipinski definition) is 2. The number of carbonyl (C=O) groups is 1. The fourth-order valence-corrected chi connectivity index (χ4v) is 1.99. The summed E-state index contributed by atoms with van der Waals surface area (Å²) in [7, 11) is 0. The lowest BCUT2D eigenvalue weighted by Gasteiger charge is -2.13. The Labute approximate surface area is 102 Å². The third kappa shape index (κ3) is 3.07. The summed E-state index contributed by atoms with van der Waals surface area (Å²) in [6.07, 6.45) is 0.617. The number of benzene rings is 1. The van der Waals surface area contributed by atoms with Crippen molar-refractivity contribution >= 4 is 5.91 Å². The molecule has 0 spiro atoms. The number of carbonyl (C=O) groups excluding carboxylic acids is 1. The number of nitrogens with one attached hydrogen (secondary N) is 1. The molecule has 1 rings (SSSR count). The van der Waals surface area contributed by atoms with Crippen molar-refractivity contribution in [2.75, 3.05) is 0 Å². The van der Waals surface area contributed by atoms with Crippen LogP contribution in [0.2, 0.25) is 0 Å². The Morgan fingerprint density at radius 1 is 1.35 bits per heavy atom. The molecule has 0 aliphatic rings. The Hall–Kier alpha value is -1.82. The maximum absolute atomic E-state index is 12.1. The van der Waals surface area contributed by atoms with Crippen molar-refractivity contribution < 1.29 is 4.79 Å². The molecule has 0 bridgehead atoms. The lowest BCUT2D eigenvalue weighted by atomic mass is 9.99. The fourth-order valence-electron chi connectivity index (χ4n) is 1.99. The molecule has 1 N–H and O–H groups in total. The van der Waals surface area contributed by atoms with Gasteiger partial charge in [-0.3, -0.25) is 4.79 Å². The molecular formula is C14H18N2O. The molecule has 0 saturated heterocycles. The van der Waals surface area contributed by atoms with Crippen LogP contribution in [0.25, 0.3) is 0 Å². The minimum absolute atomic E-state index is 0.159. The van der Waals surface area contributed by atoms with E-state index in [1.807, 2.05) is 39.8 Å². The van der Waals surface area contributed by atoms with Crippen molar-refractivity contribution in [1.82, 2.24) is 5.32 Å². The van der Waals surface area contributed by atoms with Crippen molar-refractivity contribution in [3.63, 3.8) is 0 Å². The Morgan fingerprint density at radius 3 is 2.29 bits per heavy atom. The second-order valence-electron chi connectivity index (χ2n) is 4.34. The molecule has 17 heavy (non-hydrogen) atoms. The van der Waals surface area contributed by atoms with Gasteiger partial charge in [-0.1, -0.05) is 24.6 Å². The highest BCUT2D eigenvalue weighted by Crippen LogP contribution is 2.16. The van der Waals surface area contributed by atoms with Crippen LogP contribution in [-0.2, 0) is 0 Å². The fraction of sp³-hybridized carbons (Fsp3) is 0.429. The molecule has 0 aliphatic carbocycles. The molecule has 0 aliphatic heterocycles. The second-order valence-corrected chi connectivity index (χ2v) is 4.34. The summed E-state index contributed by atoms with van der Waals surface area (Å²) in [5.74, 6) is -0.159. The molecule has 1 unspecified atom stereocenters. The molecule has 0 aromatic heterocycles. The largest absolute Gasteiger partial charge is 0.336 e. The molecule has 1 aromatic carbocycles. The van der Waals surface area contributed by atoms with Crippen LogP contribution in [0, 0.1) is 32.1 Å². The number of hydrogen-bond donors (Lipinski definition) is 1. The highest BCUT2D eigenvalue weighted by Gasteiger charge is 2.15. The zero-order valence-electron chi connectivity index (χ0n) is 10.8. The lowest BCUT2D eigenvalue weighted by Crippen LogP contribution is -2.34. The van der Waals surface area contributed by atoms with Crippen LogP contribution in [0.4, 0.5) is 0 Å². The maximum atomic E-state index is 12.1. The van der Waals surface area contributed by atoms with Gasteiger partial charge in [0.25, 0.3) is 5.91 Å². The van der Waals surface area contributed by atoms with Gasteiger partial charge >= 0.3 is 0 Å².